The van der Waals surface area contributed by atoms with Crippen LogP contribution in [0.5, 0.6) is 0 Å². The summed E-state index contributed by atoms with van der Waals surface area (Å²) >= 11 is 1.65. The lowest BCUT2D eigenvalue weighted by molar-refractivity contribution is 0.626. The highest BCUT2D eigenvalue weighted by Gasteiger charge is 2.03. The highest BCUT2D eigenvalue weighted by Crippen LogP contribution is 2.25. The Morgan fingerprint density at radius 3 is 2.45 bits per heavy atom. The molecule has 0 amide bonds. The molecule has 0 aliphatic carbocycles. The van der Waals surface area contributed by atoms with Crippen LogP contribution in [0.4, 0.5) is 4.39 Å². The molecule has 0 aromatic heterocycles. The van der Waals surface area contributed by atoms with E-state index in [0.29, 0.717) is 17.2 Å². The van der Waals surface area contributed by atoms with Crippen LogP contribution in [0.3, 0.4) is 0 Å². The molecule has 0 saturated heterocycles. The van der Waals surface area contributed by atoms with Gasteiger partial charge in [-0.25, -0.2) is 4.39 Å². The summed E-state index contributed by atoms with van der Waals surface area (Å²) in [4.78, 5) is 1.15. The van der Waals surface area contributed by atoms with Crippen molar-refractivity contribution in [2.24, 2.45) is 0 Å². The van der Waals surface area contributed by atoms with E-state index in [2.05, 4.69) is 38.1 Å². The van der Waals surface area contributed by atoms with Gasteiger partial charge in [-0.2, -0.15) is 5.26 Å². The number of nitriles is 1. The Kier molecular flexibility index (Phi) is 4.81. The van der Waals surface area contributed by atoms with Crippen LogP contribution in [0.1, 0.15) is 36.5 Å². The largest absolute Gasteiger partial charge is 0.207 e. The minimum atomic E-state index is -0.352. The zero-order valence-electron chi connectivity index (χ0n) is 11.6. The van der Waals surface area contributed by atoms with Gasteiger partial charge >= 0.3 is 0 Å². The van der Waals surface area contributed by atoms with E-state index in [9.17, 15) is 4.39 Å². The molecule has 0 heterocycles. The highest BCUT2D eigenvalue weighted by molar-refractivity contribution is 7.98. The fraction of sp³-hybridized carbons (Fsp3) is 0.235. The van der Waals surface area contributed by atoms with Crippen molar-refractivity contribution in [2.75, 3.05) is 0 Å². The second-order valence-electron chi connectivity index (χ2n) is 4.97. The number of thioether (sulfide) groups is 1. The van der Waals surface area contributed by atoms with Crippen LogP contribution in [0.15, 0.2) is 47.4 Å². The van der Waals surface area contributed by atoms with Gasteiger partial charge in [0.05, 0.1) is 11.6 Å². The molecule has 2 aromatic rings. The third kappa shape index (κ3) is 3.85. The number of halogens is 1. The number of nitrogens with zero attached hydrogens (tertiary/aromatic N) is 1. The molecule has 3 heteroatoms. The molecule has 0 saturated carbocycles. The molecule has 0 fully saturated rings. The fourth-order valence-corrected chi connectivity index (χ4v) is 2.74. The average molecular weight is 285 g/mol. The van der Waals surface area contributed by atoms with E-state index in [4.69, 9.17) is 5.26 Å². The molecule has 0 bridgehead atoms. The van der Waals surface area contributed by atoms with Gasteiger partial charge in [0.2, 0.25) is 0 Å². The zero-order valence-corrected chi connectivity index (χ0v) is 12.4. The minimum Gasteiger partial charge on any atom is -0.207 e. The van der Waals surface area contributed by atoms with Gasteiger partial charge in [0, 0.05) is 10.6 Å². The number of hydrogen-bond donors (Lipinski definition) is 0. The van der Waals surface area contributed by atoms with Crippen molar-refractivity contribution in [2.45, 2.75) is 30.4 Å². The summed E-state index contributed by atoms with van der Waals surface area (Å²) in [5.74, 6) is 0.832. The second kappa shape index (κ2) is 6.58. The van der Waals surface area contributed by atoms with Crippen molar-refractivity contribution in [3.05, 3.63) is 65.0 Å². The van der Waals surface area contributed by atoms with E-state index in [1.807, 2.05) is 6.07 Å². The zero-order chi connectivity index (χ0) is 14.5. The molecular weight excluding hydrogens is 269 g/mol. The molecule has 0 radical (unpaired) electrons. The Morgan fingerprint density at radius 2 is 1.85 bits per heavy atom. The molecule has 1 nitrogen and oxygen atoms in total. The van der Waals surface area contributed by atoms with Gasteiger partial charge in [-0.05, 0) is 47.4 Å². The van der Waals surface area contributed by atoms with E-state index in [0.717, 1.165) is 10.5 Å². The van der Waals surface area contributed by atoms with Crippen LogP contribution in [-0.4, -0.2) is 0 Å². The monoisotopic (exact) mass is 285 g/mol. The van der Waals surface area contributed by atoms with Crippen molar-refractivity contribution >= 4 is 11.8 Å². The quantitative estimate of drug-likeness (QED) is 0.729. The molecule has 0 aliphatic heterocycles. The second-order valence-corrected chi connectivity index (χ2v) is 6.02. The third-order valence-corrected chi connectivity index (χ3v) is 4.12. The van der Waals surface area contributed by atoms with Crippen molar-refractivity contribution in [1.29, 1.82) is 5.26 Å². The average Bonchev–Trinajstić information content (AvgIpc) is 2.45. The highest BCUT2D eigenvalue weighted by atomic mass is 32.2. The summed E-state index contributed by atoms with van der Waals surface area (Å²) in [5, 5.41) is 8.83. The van der Waals surface area contributed by atoms with Crippen molar-refractivity contribution in [1.82, 2.24) is 0 Å². The van der Waals surface area contributed by atoms with Crippen molar-refractivity contribution < 1.29 is 4.39 Å². The predicted molar refractivity (Wildman–Crippen MR) is 81.2 cm³/mol. The molecular formula is C17H16FNS. The summed E-state index contributed by atoms with van der Waals surface area (Å²) in [6.07, 6.45) is 0. The minimum absolute atomic E-state index is 0.352. The van der Waals surface area contributed by atoms with Gasteiger partial charge in [0.1, 0.15) is 5.82 Å². The normalized spacial score (nSPS) is 10.6. The lowest BCUT2D eigenvalue weighted by Gasteiger charge is -2.07. The molecule has 0 unspecified atom stereocenters. The lowest BCUT2D eigenvalue weighted by atomic mass is 10.0. The Labute approximate surface area is 123 Å². The van der Waals surface area contributed by atoms with Crippen LogP contribution in [0, 0.1) is 17.1 Å². The maximum atomic E-state index is 13.3. The van der Waals surface area contributed by atoms with Gasteiger partial charge in [0.25, 0.3) is 0 Å². The molecule has 2 rings (SSSR count). The summed E-state index contributed by atoms with van der Waals surface area (Å²) in [6.45, 7) is 4.33. The van der Waals surface area contributed by atoms with E-state index < -0.39 is 0 Å². The van der Waals surface area contributed by atoms with E-state index >= 15 is 0 Å². The Bertz CT molecular complexity index is 626. The molecule has 20 heavy (non-hydrogen) atoms. The molecule has 0 aliphatic rings. The number of rotatable bonds is 4. The summed E-state index contributed by atoms with van der Waals surface area (Å²) in [5.41, 5.74) is 2.52. The first-order chi connectivity index (χ1) is 9.58. The molecule has 2 aromatic carbocycles. The van der Waals surface area contributed by atoms with Gasteiger partial charge in [0.15, 0.2) is 0 Å². The first-order valence-electron chi connectivity index (χ1n) is 6.51. The summed E-state index contributed by atoms with van der Waals surface area (Å²) in [6, 6.07) is 14.9. The van der Waals surface area contributed by atoms with Gasteiger partial charge in [-0.3, -0.25) is 0 Å². The predicted octanol–water partition coefficient (Wildman–Crippen LogP) is 5.11. The van der Waals surface area contributed by atoms with E-state index in [1.54, 1.807) is 17.8 Å². The summed E-state index contributed by atoms with van der Waals surface area (Å²) < 4.78 is 13.3. The SMILES string of the molecule is CC(C)c1ccc(SCc2cc(F)cc(C#N)c2)cc1. The van der Waals surface area contributed by atoms with Crippen LogP contribution >= 0.6 is 11.8 Å². The molecule has 0 N–H and O–H groups in total. The van der Waals surface area contributed by atoms with Crippen LogP contribution < -0.4 is 0 Å². The lowest BCUT2D eigenvalue weighted by Crippen LogP contribution is -1.88. The Morgan fingerprint density at radius 1 is 1.15 bits per heavy atom. The van der Waals surface area contributed by atoms with Gasteiger partial charge in [-0.1, -0.05) is 26.0 Å². The third-order valence-electron chi connectivity index (χ3n) is 3.04. The molecule has 0 spiro atoms. The maximum Gasteiger partial charge on any atom is 0.124 e. The van der Waals surface area contributed by atoms with E-state index in [1.165, 1.54) is 17.7 Å². The van der Waals surface area contributed by atoms with Crippen LogP contribution in [-0.2, 0) is 5.75 Å². The first-order valence-corrected chi connectivity index (χ1v) is 7.49. The van der Waals surface area contributed by atoms with Crippen molar-refractivity contribution in [3.8, 4) is 6.07 Å². The molecule has 0 atom stereocenters. The Hall–Kier alpha value is -1.79. The topological polar surface area (TPSA) is 23.8 Å². The standard InChI is InChI=1S/C17H16FNS/c1-12(2)15-3-5-17(6-4-15)20-11-14-7-13(10-19)8-16(18)9-14/h3-9,12H,11H2,1-2H3. The van der Waals surface area contributed by atoms with Crippen LogP contribution in [0.2, 0.25) is 0 Å². The fourth-order valence-electron chi connectivity index (χ4n) is 1.91. The smallest absolute Gasteiger partial charge is 0.124 e. The maximum absolute atomic E-state index is 13.3. The first kappa shape index (κ1) is 14.6. The van der Waals surface area contributed by atoms with Gasteiger partial charge < -0.3 is 0 Å². The van der Waals surface area contributed by atoms with Gasteiger partial charge in [-0.15, -0.1) is 11.8 Å². The van der Waals surface area contributed by atoms with Crippen molar-refractivity contribution in [3.63, 3.8) is 0 Å². The summed E-state index contributed by atoms with van der Waals surface area (Å²) in [7, 11) is 0. The number of hydrogen-bond acceptors (Lipinski definition) is 2. The number of benzene rings is 2. The van der Waals surface area contributed by atoms with Crippen LogP contribution in [0.25, 0.3) is 0 Å². The van der Waals surface area contributed by atoms with E-state index in [-0.39, 0.29) is 5.82 Å². The molecule has 102 valence electrons. The Balaban J connectivity index is 2.05.